The maximum Gasteiger partial charge on any atom is 0.243 e. The molecule has 3 fully saturated rings. The summed E-state index contributed by atoms with van der Waals surface area (Å²) in [4.78, 5) is 14.2. The van der Waals surface area contributed by atoms with Gasteiger partial charge in [-0.05, 0) is 25.0 Å². The number of carbonyl (C=O) groups excluding carboxylic acids is 1. The van der Waals surface area contributed by atoms with Crippen molar-refractivity contribution in [3.05, 3.63) is 29.8 Å². The summed E-state index contributed by atoms with van der Waals surface area (Å²) in [5.41, 5.74) is 0.764. The monoisotopic (exact) mass is 364 g/mol. The molecule has 0 saturated carbocycles. The van der Waals surface area contributed by atoms with Gasteiger partial charge >= 0.3 is 0 Å². The molecule has 0 N–H and O–H groups in total. The first-order chi connectivity index (χ1) is 12.0. The van der Waals surface area contributed by atoms with E-state index in [9.17, 15) is 13.2 Å². The highest BCUT2D eigenvalue weighted by molar-refractivity contribution is 7.89. The van der Waals surface area contributed by atoms with Crippen LogP contribution in [0.2, 0.25) is 0 Å². The lowest BCUT2D eigenvalue weighted by molar-refractivity contribution is -0.128. The number of carbonyl (C=O) groups is 1. The highest BCUT2D eigenvalue weighted by atomic mass is 32.2. The second-order valence-corrected chi connectivity index (χ2v) is 9.23. The van der Waals surface area contributed by atoms with E-state index in [1.54, 1.807) is 16.4 Å². The predicted octanol–water partition coefficient (Wildman–Crippen LogP) is 1.25. The van der Waals surface area contributed by atoms with Gasteiger partial charge in [0, 0.05) is 44.4 Å². The van der Waals surface area contributed by atoms with Gasteiger partial charge in [-0.2, -0.15) is 4.31 Å². The molecule has 1 aromatic carbocycles. The standard InChI is InChI=1S/C18H24N2O4S/c1-13-5-2-3-6-17(13)25(22,23)20-10-15-14(12-24-16(15)11-20)9-19-8-4-7-18(19)21/h2-3,5-6,14-16H,4,7-12H2,1H3/t14-,15-,16-/m1/s1. The van der Waals surface area contributed by atoms with Crippen molar-refractivity contribution in [1.29, 1.82) is 0 Å². The SMILES string of the molecule is Cc1ccccc1S(=O)(=O)N1C[C@@H]2[C@H](CN3CCCC3=O)CO[C@@H]2C1. The molecule has 0 spiro atoms. The Morgan fingerprint density at radius 2 is 2.04 bits per heavy atom. The molecule has 0 aromatic heterocycles. The van der Waals surface area contributed by atoms with Gasteiger partial charge in [-0.3, -0.25) is 4.79 Å². The van der Waals surface area contributed by atoms with Crippen LogP contribution in [0.3, 0.4) is 0 Å². The molecule has 3 atom stereocenters. The summed E-state index contributed by atoms with van der Waals surface area (Å²) in [6.45, 7) is 4.84. The number of sulfonamides is 1. The summed E-state index contributed by atoms with van der Waals surface area (Å²) in [5.74, 6) is 0.613. The Bertz CT molecular complexity index is 779. The van der Waals surface area contributed by atoms with Crippen molar-refractivity contribution in [1.82, 2.24) is 9.21 Å². The first-order valence-corrected chi connectivity index (χ1v) is 10.4. The molecule has 7 heteroatoms. The van der Waals surface area contributed by atoms with Gasteiger partial charge in [-0.15, -0.1) is 0 Å². The zero-order valence-corrected chi connectivity index (χ0v) is 15.2. The third kappa shape index (κ3) is 2.98. The van der Waals surface area contributed by atoms with Crippen molar-refractivity contribution in [3.8, 4) is 0 Å². The fourth-order valence-electron chi connectivity index (χ4n) is 4.31. The average molecular weight is 364 g/mol. The van der Waals surface area contributed by atoms with E-state index in [4.69, 9.17) is 4.74 Å². The molecule has 0 unspecified atom stereocenters. The molecule has 3 heterocycles. The Kier molecular flexibility index (Phi) is 4.33. The molecule has 4 rings (SSSR count). The van der Waals surface area contributed by atoms with Gasteiger partial charge in [-0.1, -0.05) is 18.2 Å². The van der Waals surface area contributed by atoms with Crippen molar-refractivity contribution in [3.63, 3.8) is 0 Å². The number of fused-ring (bicyclic) bond motifs is 1. The number of likely N-dealkylation sites (tertiary alicyclic amines) is 1. The zero-order chi connectivity index (χ0) is 17.6. The van der Waals surface area contributed by atoms with Crippen LogP contribution in [0.5, 0.6) is 0 Å². The Morgan fingerprint density at radius 1 is 1.24 bits per heavy atom. The number of hydrogen-bond acceptors (Lipinski definition) is 4. The molecule has 1 aromatic rings. The molecule has 0 bridgehead atoms. The minimum absolute atomic E-state index is 0.0542. The van der Waals surface area contributed by atoms with Gasteiger partial charge in [-0.25, -0.2) is 8.42 Å². The molecule has 25 heavy (non-hydrogen) atoms. The molecule has 6 nitrogen and oxygen atoms in total. The Balaban J connectivity index is 1.49. The smallest absolute Gasteiger partial charge is 0.243 e. The van der Waals surface area contributed by atoms with Crippen molar-refractivity contribution >= 4 is 15.9 Å². The minimum Gasteiger partial charge on any atom is -0.376 e. The largest absolute Gasteiger partial charge is 0.376 e. The van der Waals surface area contributed by atoms with Gasteiger partial charge in [0.05, 0.1) is 17.6 Å². The summed E-state index contributed by atoms with van der Waals surface area (Å²) in [6, 6.07) is 7.09. The molecular formula is C18H24N2O4S. The summed E-state index contributed by atoms with van der Waals surface area (Å²) < 4.78 is 33.4. The topological polar surface area (TPSA) is 66.9 Å². The van der Waals surface area contributed by atoms with Crippen molar-refractivity contribution in [2.24, 2.45) is 11.8 Å². The van der Waals surface area contributed by atoms with Crippen LogP contribution < -0.4 is 0 Å². The average Bonchev–Trinajstić information content (AvgIpc) is 3.26. The van der Waals surface area contributed by atoms with Crippen molar-refractivity contribution in [2.75, 3.05) is 32.8 Å². The zero-order valence-electron chi connectivity index (χ0n) is 14.4. The number of hydrogen-bond donors (Lipinski definition) is 0. The van der Waals surface area contributed by atoms with Crippen LogP contribution in [0.1, 0.15) is 18.4 Å². The van der Waals surface area contributed by atoms with Gasteiger partial charge < -0.3 is 9.64 Å². The molecule has 136 valence electrons. The summed E-state index contributed by atoms with van der Waals surface area (Å²) in [7, 11) is -3.50. The first kappa shape index (κ1) is 17.0. The van der Waals surface area contributed by atoms with Gasteiger partial charge in [0.15, 0.2) is 0 Å². The number of nitrogens with zero attached hydrogens (tertiary/aromatic N) is 2. The van der Waals surface area contributed by atoms with E-state index < -0.39 is 10.0 Å². The van der Waals surface area contributed by atoms with E-state index >= 15 is 0 Å². The fraction of sp³-hybridized carbons (Fsp3) is 0.611. The molecular weight excluding hydrogens is 340 g/mol. The first-order valence-electron chi connectivity index (χ1n) is 8.92. The third-order valence-electron chi connectivity index (χ3n) is 5.74. The van der Waals surface area contributed by atoms with Crippen LogP contribution in [0, 0.1) is 18.8 Å². The fourth-order valence-corrected chi connectivity index (χ4v) is 6.03. The molecule has 0 radical (unpaired) electrons. The third-order valence-corrected chi connectivity index (χ3v) is 7.73. The van der Waals surface area contributed by atoms with Crippen LogP contribution in [-0.2, 0) is 19.6 Å². The number of aryl methyl sites for hydroxylation is 1. The lowest BCUT2D eigenvalue weighted by atomic mass is 9.93. The van der Waals surface area contributed by atoms with E-state index in [1.165, 1.54) is 0 Å². The summed E-state index contributed by atoms with van der Waals surface area (Å²) in [5, 5.41) is 0. The lowest BCUT2D eigenvalue weighted by Gasteiger charge is -2.24. The van der Waals surface area contributed by atoms with Crippen LogP contribution in [-0.4, -0.2) is 62.4 Å². The van der Waals surface area contributed by atoms with E-state index in [0.717, 1.165) is 18.5 Å². The summed E-state index contributed by atoms with van der Waals surface area (Å²) >= 11 is 0. The highest BCUT2D eigenvalue weighted by Crippen LogP contribution is 2.37. The maximum absolute atomic E-state index is 13.0. The number of amides is 1. The number of rotatable bonds is 4. The van der Waals surface area contributed by atoms with Gasteiger partial charge in [0.2, 0.25) is 15.9 Å². The van der Waals surface area contributed by atoms with E-state index in [1.807, 2.05) is 24.0 Å². The Hall–Kier alpha value is -1.44. The van der Waals surface area contributed by atoms with Crippen LogP contribution in [0.4, 0.5) is 0 Å². The number of ether oxygens (including phenoxy) is 1. The quantitative estimate of drug-likeness (QED) is 0.807. The van der Waals surface area contributed by atoms with Crippen molar-refractivity contribution in [2.45, 2.75) is 30.8 Å². The molecule has 1 amide bonds. The van der Waals surface area contributed by atoms with Crippen LogP contribution in [0.15, 0.2) is 29.2 Å². The molecule has 3 aliphatic rings. The normalized spacial score (nSPS) is 30.2. The van der Waals surface area contributed by atoms with Gasteiger partial charge in [0.25, 0.3) is 0 Å². The van der Waals surface area contributed by atoms with E-state index in [0.29, 0.717) is 37.6 Å². The van der Waals surface area contributed by atoms with Crippen LogP contribution >= 0.6 is 0 Å². The van der Waals surface area contributed by atoms with Crippen molar-refractivity contribution < 1.29 is 17.9 Å². The Morgan fingerprint density at radius 3 is 2.76 bits per heavy atom. The minimum atomic E-state index is -3.50. The van der Waals surface area contributed by atoms with Crippen LogP contribution in [0.25, 0.3) is 0 Å². The van der Waals surface area contributed by atoms with Gasteiger partial charge in [0.1, 0.15) is 0 Å². The second kappa shape index (κ2) is 6.37. The molecule has 3 saturated heterocycles. The molecule has 0 aliphatic carbocycles. The number of benzene rings is 1. The van der Waals surface area contributed by atoms with E-state index in [2.05, 4.69) is 0 Å². The summed E-state index contributed by atoms with van der Waals surface area (Å²) in [6.07, 6.45) is 1.51. The second-order valence-electron chi connectivity index (χ2n) is 7.33. The Labute approximate surface area is 148 Å². The highest BCUT2D eigenvalue weighted by Gasteiger charge is 2.48. The molecule has 3 aliphatic heterocycles. The lowest BCUT2D eigenvalue weighted by Crippen LogP contribution is -2.36. The maximum atomic E-state index is 13.0. The van der Waals surface area contributed by atoms with E-state index in [-0.39, 0.29) is 23.8 Å². The predicted molar refractivity (Wildman–Crippen MR) is 92.5 cm³/mol.